The zero-order chi connectivity index (χ0) is 20.1. The standard InChI is InChI=1S/C21H20N6OS/c1-15-5-7-16(8-6-15)20-25-17(14-29-20)9-12-23-21(28)26-18-4-2-10-22-19(18)27-13-3-11-24-27/h2-8,10-11,13-14H,9,12H2,1H3,(H2,23,26,28). The average Bonchev–Trinajstić information content (AvgIpc) is 3.41. The van der Waals surface area contributed by atoms with Gasteiger partial charge in [-0.1, -0.05) is 29.8 Å². The number of anilines is 1. The summed E-state index contributed by atoms with van der Waals surface area (Å²) in [5.41, 5.74) is 3.89. The van der Waals surface area contributed by atoms with Crippen LogP contribution in [0.4, 0.5) is 10.5 Å². The van der Waals surface area contributed by atoms with Crippen LogP contribution in [0.15, 0.2) is 66.4 Å². The maximum absolute atomic E-state index is 12.3. The molecule has 8 heteroatoms. The number of nitrogens with one attached hydrogen (secondary N) is 2. The smallest absolute Gasteiger partial charge is 0.319 e. The van der Waals surface area contributed by atoms with Crippen LogP contribution in [0.5, 0.6) is 0 Å². The summed E-state index contributed by atoms with van der Waals surface area (Å²) < 4.78 is 1.61. The molecule has 2 amide bonds. The third-order valence-corrected chi connectivity index (χ3v) is 5.21. The molecule has 0 aliphatic heterocycles. The molecule has 29 heavy (non-hydrogen) atoms. The van der Waals surface area contributed by atoms with E-state index in [4.69, 9.17) is 0 Å². The van der Waals surface area contributed by atoms with E-state index in [2.05, 4.69) is 56.9 Å². The number of nitrogens with zero attached hydrogens (tertiary/aromatic N) is 4. The van der Waals surface area contributed by atoms with Gasteiger partial charge in [0.15, 0.2) is 5.82 Å². The number of aryl methyl sites for hydroxylation is 1. The molecule has 0 aliphatic carbocycles. The minimum Gasteiger partial charge on any atom is -0.337 e. The summed E-state index contributed by atoms with van der Waals surface area (Å²) in [6.07, 6.45) is 5.76. The van der Waals surface area contributed by atoms with E-state index in [1.54, 1.807) is 52.8 Å². The highest BCUT2D eigenvalue weighted by Gasteiger charge is 2.10. The summed E-state index contributed by atoms with van der Waals surface area (Å²) in [6.45, 7) is 2.55. The third-order valence-electron chi connectivity index (χ3n) is 4.27. The van der Waals surface area contributed by atoms with Crippen LogP contribution in [0.25, 0.3) is 16.4 Å². The number of urea groups is 1. The van der Waals surface area contributed by atoms with E-state index < -0.39 is 0 Å². The minimum absolute atomic E-state index is 0.291. The summed E-state index contributed by atoms with van der Waals surface area (Å²) in [5, 5.41) is 12.9. The number of hydrogen-bond acceptors (Lipinski definition) is 5. The van der Waals surface area contributed by atoms with E-state index in [0.717, 1.165) is 16.3 Å². The molecular weight excluding hydrogens is 384 g/mol. The van der Waals surface area contributed by atoms with E-state index in [-0.39, 0.29) is 6.03 Å². The second kappa shape index (κ2) is 8.66. The summed E-state index contributed by atoms with van der Waals surface area (Å²) in [7, 11) is 0. The zero-order valence-electron chi connectivity index (χ0n) is 15.9. The number of hydrogen-bond donors (Lipinski definition) is 2. The molecular formula is C21H20N6OS. The Morgan fingerprint density at radius 1 is 1.14 bits per heavy atom. The highest BCUT2D eigenvalue weighted by Crippen LogP contribution is 2.24. The SMILES string of the molecule is Cc1ccc(-c2nc(CCNC(=O)Nc3cccnc3-n3cccn3)cs2)cc1. The highest BCUT2D eigenvalue weighted by molar-refractivity contribution is 7.13. The minimum atomic E-state index is -0.291. The topological polar surface area (TPSA) is 84.7 Å². The number of rotatable bonds is 6. The Bertz CT molecular complexity index is 1090. The molecule has 0 bridgehead atoms. The lowest BCUT2D eigenvalue weighted by Gasteiger charge is -2.10. The molecule has 0 saturated carbocycles. The fraction of sp³-hybridized carbons (Fsp3) is 0.143. The molecule has 3 heterocycles. The molecule has 0 saturated heterocycles. The predicted molar refractivity (Wildman–Crippen MR) is 114 cm³/mol. The first-order chi connectivity index (χ1) is 14.2. The fourth-order valence-corrected chi connectivity index (χ4v) is 3.65. The van der Waals surface area contributed by atoms with Gasteiger partial charge in [0.25, 0.3) is 0 Å². The van der Waals surface area contributed by atoms with Crippen LogP contribution < -0.4 is 10.6 Å². The van der Waals surface area contributed by atoms with E-state index >= 15 is 0 Å². The van der Waals surface area contributed by atoms with Crippen molar-refractivity contribution in [3.8, 4) is 16.4 Å². The maximum atomic E-state index is 12.3. The van der Waals surface area contributed by atoms with Gasteiger partial charge < -0.3 is 10.6 Å². The van der Waals surface area contributed by atoms with E-state index in [1.807, 2.05) is 5.38 Å². The quantitative estimate of drug-likeness (QED) is 0.507. The van der Waals surface area contributed by atoms with Gasteiger partial charge in [0.05, 0.1) is 11.4 Å². The van der Waals surface area contributed by atoms with Crippen LogP contribution >= 0.6 is 11.3 Å². The number of benzene rings is 1. The highest BCUT2D eigenvalue weighted by atomic mass is 32.1. The molecule has 7 nitrogen and oxygen atoms in total. The van der Waals surface area contributed by atoms with Crippen molar-refractivity contribution in [3.05, 3.63) is 77.7 Å². The Morgan fingerprint density at radius 2 is 2.00 bits per heavy atom. The number of thiazole rings is 1. The Kier molecular flexibility index (Phi) is 5.62. The normalized spacial score (nSPS) is 10.7. The second-order valence-corrected chi connectivity index (χ2v) is 7.32. The van der Waals surface area contributed by atoms with Crippen molar-refractivity contribution >= 4 is 23.1 Å². The number of carbonyl (C=O) groups is 1. The van der Waals surface area contributed by atoms with E-state index in [0.29, 0.717) is 24.5 Å². The van der Waals surface area contributed by atoms with Crippen LogP contribution in [-0.2, 0) is 6.42 Å². The number of aromatic nitrogens is 4. The summed E-state index contributed by atoms with van der Waals surface area (Å²) >= 11 is 1.61. The lowest BCUT2D eigenvalue weighted by atomic mass is 10.2. The molecule has 3 aromatic heterocycles. The predicted octanol–water partition coefficient (Wildman–Crippen LogP) is 4.06. The maximum Gasteiger partial charge on any atom is 0.319 e. The van der Waals surface area contributed by atoms with E-state index in [1.165, 1.54) is 5.56 Å². The van der Waals surface area contributed by atoms with Gasteiger partial charge in [0.2, 0.25) is 0 Å². The van der Waals surface area contributed by atoms with Gasteiger partial charge in [-0.2, -0.15) is 5.10 Å². The number of pyridine rings is 1. The van der Waals surface area contributed by atoms with Gasteiger partial charge in [-0.15, -0.1) is 11.3 Å². The molecule has 0 spiro atoms. The van der Waals surface area contributed by atoms with Crippen molar-refractivity contribution in [1.82, 2.24) is 25.1 Å². The van der Waals surface area contributed by atoms with Gasteiger partial charge in [0, 0.05) is 42.5 Å². The van der Waals surface area contributed by atoms with Gasteiger partial charge in [-0.3, -0.25) is 0 Å². The summed E-state index contributed by atoms with van der Waals surface area (Å²) in [4.78, 5) is 21.2. The molecule has 146 valence electrons. The Morgan fingerprint density at radius 3 is 2.79 bits per heavy atom. The van der Waals surface area contributed by atoms with Crippen molar-refractivity contribution in [2.45, 2.75) is 13.3 Å². The molecule has 0 fully saturated rings. The largest absolute Gasteiger partial charge is 0.337 e. The van der Waals surface area contributed by atoms with Crippen molar-refractivity contribution in [2.24, 2.45) is 0 Å². The Labute approximate surface area is 172 Å². The van der Waals surface area contributed by atoms with Crippen molar-refractivity contribution in [1.29, 1.82) is 0 Å². The molecule has 0 unspecified atom stereocenters. The van der Waals surface area contributed by atoms with Gasteiger partial charge >= 0.3 is 6.03 Å². The van der Waals surface area contributed by atoms with Gasteiger partial charge in [-0.25, -0.2) is 19.4 Å². The molecule has 1 aromatic carbocycles. The van der Waals surface area contributed by atoms with Crippen LogP contribution in [-0.4, -0.2) is 32.3 Å². The first-order valence-electron chi connectivity index (χ1n) is 9.20. The molecule has 4 rings (SSSR count). The van der Waals surface area contributed by atoms with Crippen LogP contribution in [0.2, 0.25) is 0 Å². The average molecular weight is 404 g/mol. The molecule has 4 aromatic rings. The number of amides is 2. The second-order valence-electron chi connectivity index (χ2n) is 6.47. The molecule has 2 N–H and O–H groups in total. The summed E-state index contributed by atoms with van der Waals surface area (Å²) in [5.74, 6) is 0.565. The van der Waals surface area contributed by atoms with Crippen LogP contribution in [0.3, 0.4) is 0 Å². The zero-order valence-corrected chi connectivity index (χ0v) is 16.7. The van der Waals surface area contributed by atoms with Gasteiger partial charge in [-0.05, 0) is 25.1 Å². The first kappa shape index (κ1) is 18.8. The first-order valence-corrected chi connectivity index (χ1v) is 10.1. The lowest BCUT2D eigenvalue weighted by molar-refractivity contribution is 0.252. The Balaban J connectivity index is 1.32. The van der Waals surface area contributed by atoms with Gasteiger partial charge in [0.1, 0.15) is 5.01 Å². The molecule has 0 atom stereocenters. The van der Waals surface area contributed by atoms with Crippen molar-refractivity contribution in [3.63, 3.8) is 0 Å². The van der Waals surface area contributed by atoms with Crippen LogP contribution in [0.1, 0.15) is 11.3 Å². The number of carbonyl (C=O) groups excluding carboxylic acids is 1. The Hall–Kier alpha value is -3.52. The molecule has 0 aliphatic rings. The van der Waals surface area contributed by atoms with Crippen molar-refractivity contribution < 1.29 is 4.79 Å². The lowest BCUT2D eigenvalue weighted by Crippen LogP contribution is -2.31. The molecule has 0 radical (unpaired) electrons. The van der Waals surface area contributed by atoms with Crippen molar-refractivity contribution in [2.75, 3.05) is 11.9 Å². The van der Waals surface area contributed by atoms with E-state index in [9.17, 15) is 4.79 Å². The summed E-state index contributed by atoms with van der Waals surface area (Å²) in [6, 6.07) is 13.4. The monoisotopic (exact) mass is 404 g/mol. The van der Waals surface area contributed by atoms with Crippen LogP contribution in [0, 0.1) is 6.92 Å². The fourth-order valence-electron chi connectivity index (χ4n) is 2.79. The third kappa shape index (κ3) is 4.67.